The molecule has 1 aromatic carbocycles. The number of hydrogen-bond donors (Lipinski definition) is 2. The zero-order valence-corrected chi connectivity index (χ0v) is 11.1. The third-order valence-electron chi connectivity index (χ3n) is 3.48. The summed E-state index contributed by atoms with van der Waals surface area (Å²) in [6, 6.07) is 5.13. The van der Waals surface area contributed by atoms with Crippen molar-refractivity contribution in [2.45, 2.75) is 25.9 Å². The zero-order valence-electron chi connectivity index (χ0n) is 11.1. The van der Waals surface area contributed by atoms with E-state index in [9.17, 15) is 4.79 Å². The zero-order chi connectivity index (χ0) is 13.8. The monoisotopic (exact) mass is 264 g/mol. The first-order valence-corrected chi connectivity index (χ1v) is 6.61. The lowest BCUT2D eigenvalue weighted by molar-refractivity contribution is 0.0459. The van der Waals surface area contributed by atoms with Gasteiger partial charge in [0.2, 0.25) is 0 Å². The first-order chi connectivity index (χ1) is 9.11. The molecule has 5 heteroatoms. The highest BCUT2D eigenvalue weighted by Crippen LogP contribution is 2.25. The van der Waals surface area contributed by atoms with Crippen molar-refractivity contribution in [3.05, 3.63) is 23.8 Å². The maximum Gasteiger partial charge on any atom is 0.337 e. The number of carboxylic acids is 1. The van der Waals surface area contributed by atoms with Crippen molar-refractivity contribution in [3.8, 4) is 0 Å². The molecule has 0 amide bonds. The third kappa shape index (κ3) is 3.17. The van der Waals surface area contributed by atoms with Gasteiger partial charge in [0.15, 0.2) is 0 Å². The number of carbonyl (C=O) groups is 1. The largest absolute Gasteiger partial charge is 0.478 e. The number of rotatable bonds is 4. The molecule has 0 bridgehead atoms. The lowest BCUT2D eigenvalue weighted by Crippen LogP contribution is -2.37. The van der Waals surface area contributed by atoms with Gasteiger partial charge in [-0.05, 0) is 38.0 Å². The van der Waals surface area contributed by atoms with E-state index in [0.29, 0.717) is 11.8 Å². The predicted octanol–water partition coefficient (Wildman–Crippen LogP) is 1.97. The van der Waals surface area contributed by atoms with Crippen LogP contribution in [0.5, 0.6) is 0 Å². The van der Waals surface area contributed by atoms with Crippen LogP contribution in [0.4, 0.5) is 11.4 Å². The first-order valence-electron chi connectivity index (χ1n) is 6.61. The molecule has 0 aromatic heterocycles. The highest BCUT2D eigenvalue weighted by Gasteiger charge is 2.20. The minimum atomic E-state index is -0.987. The number of piperidine rings is 1. The molecule has 2 rings (SSSR count). The van der Waals surface area contributed by atoms with Gasteiger partial charge in [0.1, 0.15) is 0 Å². The Balaban J connectivity index is 2.04. The van der Waals surface area contributed by atoms with E-state index in [0.717, 1.165) is 38.2 Å². The molecule has 0 saturated carbocycles. The SMILES string of the molecule is CCOC1CCN(c2ccc(C(=O)O)c(N)c2)CC1. The average Bonchev–Trinajstić information content (AvgIpc) is 2.39. The Labute approximate surface area is 113 Å². The number of carboxylic acid groups (broad SMARTS) is 1. The van der Waals surface area contributed by atoms with Crippen molar-refractivity contribution in [1.82, 2.24) is 0 Å². The van der Waals surface area contributed by atoms with E-state index in [1.54, 1.807) is 12.1 Å². The molecule has 1 aliphatic heterocycles. The van der Waals surface area contributed by atoms with Crippen LogP contribution < -0.4 is 10.6 Å². The molecule has 5 nitrogen and oxygen atoms in total. The lowest BCUT2D eigenvalue weighted by Gasteiger charge is -2.33. The van der Waals surface area contributed by atoms with Crippen molar-refractivity contribution in [2.24, 2.45) is 0 Å². The number of nitrogens with two attached hydrogens (primary N) is 1. The maximum atomic E-state index is 10.9. The molecule has 1 heterocycles. The standard InChI is InChI=1S/C14H20N2O3/c1-2-19-11-5-7-16(8-6-11)10-3-4-12(14(17)18)13(15)9-10/h3-4,9,11H,2,5-8,15H2,1H3,(H,17,18). The van der Waals surface area contributed by atoms with Gasteiger partial charge < -0.3 is 20.5 Å². The molecule has 19 heavy (non-hydrogen) atoms. The van der Waals surface area contributed by atoms with Crippen LogP contribution in [-0.4, -0.2) is 36.9 Å². The van der Waals surface area contributed by atoms with E-state index >= 15 is 0 Å². The molecular formula is C14H20N2O3. The van der Waals surface area contributed by atoms with Crippen LogP contribution in [0.15, 0.2) is 18.2 Å². The van der Waals surface area contributed by atoms with Crippen LogP contribution in [0.25, 0.3) is 0 Å². The van der Waals surface area contributed by atoms with Crippen LogP contribution in [0, 0.1) is 0 Å². The number of nitrogen functional groups attached to an aromatic ring is 1. The molecule has 1 aromatic rings. The number of anilines is 2. The molecule has 0 unspecified atom stereocenters. The molecule has 3 N–H and O–H groups in total. The predicted molar refractivity (Wildman–Crippen MR) is 74.7 cm³/mol. The Morgan fingerprint density at radius 1 is 1.47 bits per heavy atom. The summed E-state index contributed by atoms with van der Waals surface area (Å²) in [5.74, 6) is -0.987. The topological polar surface area (TPSA) is 75.8 Å². The van der Waals surface area contributed by atoms with Gasteiger partial charge >= 0.3 is 5.97 Å². The van der Waals surface area contributed by atoms with Gasteiger partial charge in [-0.25, -0.2) is 4.79 Å². The van der Waals surface area contributed by atoms with Crippen molar-refractivity contribution in [2.75, 3.05) is 30.3 Å². The van der Waals surface area contributed by atoms with E-state index in [2.05, 4.69) is 4.90 Å². The summed E-state index contributed by atoms with van der Waals surface area (Å²) >= 11 is 0. The van der Waals surface area contributed by atoms with Gasteiger partial charge in [0.25, 0.3) is 0 Å². The van der Waals surface area contributed by atoms with Gasteiger partial charge in [-0.2, -0.15) is 0 Å². The smallest absolute Gasteiger partial charge is 0.337 e. The molecule has 0 aliphatic carbocycles. The van der Waals surface area contributed by atoms with Crippen LogP contribution in [0.1, 0.15) is 30.1 Å². The van der Waals surface area contributed by atoms with Crippen LogP contribution >= 0.6 is 0 Å². The molecule has 0 radical (unpaired) electrons. The molecule has 1 saturated heterocycles. The third-order valence-corrected chi connectivity index (χ3v) is 3.48. The Hall–Kier alpha value is -1.75. The second-order valence-electron chi connectivity index (χ2n) is 4.72. The summed E-state index contributed by atoms with van der Waals surface area (Å²) in [5, 5.41) is 8.95. The fraction of sp³-hybridized carbons (Fsp3) is 0.500. The normalized spacial score (nSPS) is 16.6. The lowest BCUT2D eigenvalue weighted by atomic mass is 10.1. The fourth-order valence-electron chi connectivity index (χ4n) is 2.46. The quantitative estimate of drug-likeness (QED) is 0.813. The van der Waals surface area contributed by atoms with Gasteiger partial charge in [-0.1, -0.05) is 0 Å². The Morgan fingerprint density at radius 3 is 2.68 bits per heavy atom. The van der Waals surface area contributed by atoms with E-state index < -0.39 is 5.97 Å². The summed E-state index contributed by atoms with van der Waals surface area (Å²) < 4.78 is 5.61. The fourth-order valence-corrected chi connectivity index (χ4v) is 2.46. The summed E-state index contributed by atoms with van der Waals surface area (Å²) in [6.45, 7) is 4.59. The number of nitrogens with zero attached hydrogens (tertiary/aromatic N) is 1. The maximum absolute atomic E-state index is 10.9. The van der Waals surface area contributed by atoms with Crippen LogP contribution in [0.2, 0.25) is 0 Å². The highest BCUT2D eigenvalue weighted by atomic mass is 16.5. The Morgan fingerprint density at radius 2 is 2.16 bits per heavy atom. The van der Waals surface area contributed by atoms with E-state index in [-0.39, 0.29) is 5.56 Å². The second-order valence-corrected chi connectivity index (χ2v) is 4.72. The average molecular weight is 264 g/mol. The minimum absolute atomic E-state index is 0.160. The molecule has 1 aliphatic rings. The van der Waals surface area contributed by atoms with E-state index in [4.69, 9.17) is 15.6 Å². The van der Waals surface area contributed by atoms with Gasteiger partial charge in [-0.15, -0.1) is 0 Å². The number of benzene rings is 1. The van der Waals surface area contributed by atoms with Crippen molar-refractivity contribution < 1.29 is 14.6 Å². The summed E-state index contributed by atoms with van der Waals surface area (Å²) in [4.78, 5) is 13.1. The molecule has 0 atom stereocenters. The first kappa shape index (κ1) is 13.7. The molecular weight excluding hydrogens is 244 g/mol. The Bertz CT molecular complexity index is 454. The summed E-state index contributed by atoms with van der Waals surface area (Å²) in [5.41, 5.74) is 7.23. The molecule has 0 spiro atoms. The second kappa shape index (κ2) is 5.93. The van der Waals surface area contributed by atoms with Gasteiger partial charge in [-0.3, -0.25) is 0 Å². The van der Waals surface area contributed by atoms with Crippen molar-refractivity contribution in [3.63, 3.8) is 0 Å². The number of ether oxygens (including phenoxy) is 1. The van der Waals surface area contributed by atoms with Gasteiger partial charge in [0.05, 0.1) is 11.7 Å². The summed E-state index contributed by atoms with van der Waals surface area (Å²) in [6.07, 6.45) is 2.33. The van der Waals surface area contributed by atoms with E-state index in [1.165, 1.54) is 0 Å². The van der Waals surface area contributed by atoms with Crippen LogP contribution in [0.3, 0.4) is 0 Å². The number of hydrogen-bond acceptors (Lipinski definition) is 4. The minimum Gasteiger partial charge on any atom is -0.478 e. The highest BCUT2D eigenvalue weighted by molar-refractivity contribution is 5.94. The van der Waals surface area contributed by atoms with E-state index in [1.807, 2.05) is 13.0 Å². The van der Waals surface area contributed by atoms with Crippen molar-refractivity contribution >= 4 is 17.3 Å². The summed E-state index contributed by atoms with van der Waals surface area (Å²) in [7, 11) is 0. The molecule has 1 fully saturated rings. The van der Waals surface area contributed by atoms with Crippen LogP contribution in [-0.2, 0) is 4.74 Å². The Kier molecular flexibility index (Phi) is 4.27. The molecule has 104 valence electrons. The van der Waals surface area contributed by atoms with Gasteiger partial charge in [0, 0.05) is 31.1 Å². The number of aromatic carboxylic acids is 1. The van der Waals surface area contributed by atoms with Crippen molar-refractivity contribution in [1.29, 1.82) is 0 Å².